The number of piperazine rings is 1. The normalized spacial score (nSPS) is 21.7. The van der Waals surface area contributed by atoms with Gasteiger partial charge in [-0.1, -0.05) is 0 Å². The van der Waals surface area contributed by atoms with E-state index in [0.717, 1.165) is 0 Å². The molecule has 2 rings (SSSR count). The summed E-state index contributed by atoms with van der Waals surface area (Å²) in [6.45, 7) is 1.76. The van der Waals surface area contributed by atoms with E-state index >= 15 is 0 Å². The van der Waals surface area contributed by atoms with Crippen molar-refractivity contribution < 1.29 is 63.1 Å². The number of likely N-dealkylation sites (N-methyl/N-ethyl adjacent to an activating group) is 1. The second-order valence-corrected chi connectivity index (χ2v) is 6.03. The molecular weight excluding hydrogens is 343 g/mol. The molecule has 0 aliphatic carbocycles. The van der Waals surface area contributed by atoms with E-state index in [1.165, 1.54) is 4.90 Å². The van der Waals surface area contributed by atoms with Crippen molar-refractivity contribution in [3.63, 3.8) is 0 Å². The van der Waals surface area contributed by atoms with Crippen LogP contribution in [0.25, 0.3) is 0 Å². The fraction of sp³-hybridized carbons (Fsp3) is 0.600. The minimum atomic E-state index is -4.65. The Hall–Kier alpha value is -1.21. The summed E-state index contributed by atoms with van der Waals surface area (Å²) >= 11 is 0. The molecule has 0 radical (unpaired) electrons. The van der Waals surface area contributed by atoms with Crippen LogP contribution in [0.3, 0.4) is 0 Å². The zero-order chi connectivity index (χ0) is 16.7. The molecule has 2 aliphatic rings. The smallest absolute Gasteiger partial charge is 1.00 e. The molecule has 0 saturated carbocycles. The van der Waals surface area contributed by atoms with Gasteiger partial charge in [0.15, 0.2) is 0 Å². The van der Waals surface area contributed by atoms with Crippen LogP contribution in [-0.2, 0) is 24.7 Å². The first-order chi connectivity index (χ1) is 10.2. The van der Waals surface area contributed by atoms with Crippen LogP contribution in [0.2, 0.25) is 0 Å². The van der Waals surface area contributed by atoms with Crippen molar-refractivity contribution in [1.82, 2.24) is 19.4 Å². The number of hydrogen-bond donors (Lipinski definition) is 2. The van der Waals surface area contributed by atoms with Crippen molar-refractivity contribution in [3.05, 3.63) is 0 Å². The van der Waals surface area contributed by atoms with E-state index < -0.39 is 46.6 Å². The van der Waals surface area contributed by atoms with Gasteiger partial charge in [0, 0.05) is 19.6 Å². The molecule has 124 valence electrons. The molecule has 5 amide bonds. The average molecular weight is 358 g/mol. The maximum Gasteiger partial charge on any atom is 1.00 e. The van der Waals surface area contributed by atoms with Crippen molar-refractivity contribution in [3.8, 4) is 0 Å². The van der Waals surface area contributed by atoms with Crippen molar-refractivity contribution in [2.45, 2.75) is 13.0 Å². The Labute approximate surface area is 155 Å². The van der Waals surface area contributed by atoms with Gasteiger partial charge >= 0.3 is 57.7 Å². The Morgan fingerprint density at radius 1 is 1.30 bits per heavy atom. The van der Waals surface area contributed by atoms with Crippen molar-refractivity contribution >= 4 is 34.1 Å². The fourth-order valence-corrected chi connectivity index (χ4v) is 2.80. The fourth-order valence-electron chi connectivity index (χ4n) is 2.11. The molecule has 2 saturated heterocycles. The first kappa shape index (κ1) is 19.8. The second kappa shape index (κ2) is 7.13. The number of β-lactam (4-membered cyclic amide) rings is 1. The standard InChI is InChI=1S/C10H14N4O7S.Na.H/c1-2-12-3-4-13(9(17)8(12)16)10(18)11-6-5-14(7(6)15)22(19,20)21;;/h6H,2-5H2,1H3,(H,11,18)(H,19,20,21);;/q;+1;-1. The third-order valence-electron chi connectivity index (χ3n) is 3.40. The molecular formula is C10H15N4NaO7S. The predicted molar refractivity (Wildman–Crippen MR) is 70.7 cm³/mol. The van der Waals surface area contributed by atoms with Gasteiger partial charge in [0.25, 0.3) is 5.91 Å². The van der Waals surface area contributed by atoms with Crippen LogP contribution in [0.15, 0.2) is 0 Å². The predicted octanol–water partition coefficient (Wildman–Crippen LogP) is -5.48. The molecule has 0 bridgehead atoms. The van der Waals surface area contributed by atoms with Gasteiger partial charge in [-0.25, -0.2) is 9.10 Å². The molecule has 1 unspecified atom stereocenters. The van der Waals surface area contributed by atoms with E-state index in [2.05, 4.69) is 5.32 Å². The zero-order valence-corrected chi connectivity index (χ0v) is 15.4. The molecule has 0 spiro atoms. The Morgan fingerprint density at radius 2 is 1.91 bits per heavy atom. The molecule has 2 fully saturated rings. The van der Waals surface area contributed by atoms with E-state index in [4.69, 9.17) is 4.55 Å². The van der Waals surface area contributed by atoms with Crippen LogP contribution >= 0.6 is 0 Å². The van der Waals surface area contributed by atoms with Gasteiger partial charge < -0.3 is 11.6 Å². The number of carbonyl (C=O) groups excluding carboxylic acids is 4. The Balaban J connectivity index is 0.00000264. The van der Waals surface area contributed by atoms with Crippen molar-refractivity contribution in [2.75, 3.05) is 26.2 Å². The minimum absolute atomic E-state index is 0. The third-order valence-corrected chi connectivity index (χ3v) is 4.29. The SMILES string of the molecule is CCN1CCN(C(=O)NC2CN(S(=O)(=O)O)C2=O)C(=O)C1=O.[H-].[Na+]. The molecule has 0 aromatic rings. The van der Waals surface area contributed by atoms with Gasteiger partial charge in [0.1, 0.15) is 6.04 Å². The monoisotopic (exact) mass is 358 g/mol. The molecule has 0 aromatic carbocycles. The number of amides is 5. The molecule has 2 N–H and O–H groups in total. The topological polar surface area (TPSA) is 144 Å². The summed E-state index contributed by atoms with van der Waals surface area (Å²) < 4.78 is 30.4. The van der Waals surface area contributed by atoms with Gasteiger partial charge in [0.2, 0.25) is 0 Å². The quantitative estimate of drug-likeness (QED) is 0.222. The van der Waals surface area contributed by atoms with Crippen LogP contribution in [0.4, 0.5) is 4.79 Å². The summed E-state index contributed by atoms with van der Waals surface area (Å²) in [5.74, 6) is -2.84. The first-order valence-corrected chi connectivity index (χ1v) is 7.76. The van der Waals surface area contributed by atoms with Gasteiger partial charge in [-0.15, -0.1) is 0 Å². The molecule has 2 aliphatic heterocycles. The van der Waals surface area contributed by atoms with Crippen LogP contribution < -0.4 is 34.9 Å². The second-order valence-electron chi connectivity index (χ2n) is 4.69. The first-order valence-electron chi connectivity index (χ1n) is 6.37. The molecule has 11 nitrogen and oxygen atoms in total. The Morgan fingerprint density at radius 3 is 2.39 bits per heavy atom. The number of nitrogens with one attached hydrogen (secondary N) is 1. The molecule has 1 atom stereocenters. The Kier molecular flexibility index (Phi) is 6.15. The van der Waals surface area contributed by atoms with Crippen LogP contribution in [0.1, 0.15) is 8.35 Å². The van der Waals surface area contributed by atoms with E-state index in [9.17, 15) is 27.6 Å². The number of carbonyl (C=O) groups is 4. The van der Waals surface area contributed by atoms with E-state index in [1.807, 2.05) is 0 Å². The van der Waals surface area contributed by atoms with Gasteiger partial charge in [-0.2, -0.15) is 8.42 Å². The summed E-state index contributed by atoms with van der Waals surface area (Å²) in [5, 5.41) is 2.15. The van der Waals surface area contributed by atoms with Gasteiger partial charge in [-0.05, 0) is 6.92 Å². The van der Waals surface area contributed by atoms with Crippen LogP contribution in [-0.4, -0.2) is 83.0 Å². The summed E-state index contributed by atoms with van der Waals surface area (Å²) in [6, 6.07) is -2.12. The van der Waals surface area contributed by atoms with E-state index in [1.54, 1.807) is 6.92 Å². The number of imide groups is 1. The largest absolute Gasteiger partial charge is 1.00 e. The van der Waals surface area contributed by atoms with Crippen LogP contribution in [0.5, 0.6) is 0 Å². The van der Waals surface area contributed by atoms with Gasteiger partial charge in [-0.3, -0.25) is 23.8 Å². The summed E-state index contributed by atoms with van der Waals surface area (Å²) in [5.41, 5.74) is 0. The third kappa shape index (κ3) is 3.83. The summed E-state index contributed by atoms with van der Waals surface area (Å²) in [6.07, 6.45) is 0. The Bertz CT molecular complexity index is 658. The molecule has 0 aromatic heterocycles. The maximum atomic E-state index is 11.9. The number of nitrogens with zero attached hydrogens (tertiary/aromatic N) is 3. The maximum absolute atomic E-state index is 11.9. The molecule has 13 heteroatoms. The van der Waals surface area contributed by atoms with Crippen LogP contribution in [0, 0.1) is 0 Å². The van der Waals surface area contributed by atoms with E-state index in [-0.39, 0.29) is 48.4 Å². The average Bonchev–Trinajstić information content (AvgIpc) is 2.43. The van der Waals surface area contributed by atoms with Gasteiger partial charge in [0.05, 0.1) is 6.54 Å². The number of rotatable bonds is 3. The number of urea groups is 1. The zero-order valence-electron chi connectivity index (χ0n) is 13.6. The van der Waals surface area contributed by atoms with E-state index in [0.29, 0.717) is 11.4 Å². The van der Waals surface area contributed by atoms with Crippen molar-refractivity contribution in [1.29, 1.82) is 0 Å². The molecule has 2 heterocycles. The van der Waals surface area contributed by atoms with Crippen molar-refractivity contribution in [2.24, 2.45) is 0 Å². The molecule has 23 heavy (non-hydrogen) atoms. The summed E-state index contributed by atoms with van der Waals surface area (Å²) in [7, 11) is -4.65. The number of hydrogen-bond acceptors (Lipinski definition) is 6. The summed E-state index contributed by atoms with van der Waals surface area (Å²) in [4.78, 5) is 48.7. The minimum Gasteiger partial charge on any atom is -1.00 e.